The van der Waals surface area contributed by atoms with Crippen molar-refractivity contribution in [1.29, 1.82) is 0 Å². The zero-order valence-corrected chi connectivity index (χ0v) is 11.2. The summed E-state index contributed by atoms with van der Waals surface area (Å²) in [6, 6.07) is 7.74. The molecule has 0 aliphatic heterocycles. The highest BCUT2D eigenvalue weighted by molar-refractivity contribution is 6.32. The van der Waals surface area contributed by atoms with Crippen LogP contribution >= 0.6 is 11.6 Å². The van der Waals surface area contributed by atoms with Crippen molar-refractivity contribution in [2.45, 2.75) is 19.5 Å². The lowest BCUT2D eigenvalue weighted by Gasteiger charge is -2.09. The topological polar surface area (TPSA) is 39.1 Å². The fraction of sp³-hybridized carbons (Fsp3) is 0.308. The molecule has 1 unspecified atom stereocenters. The predicted molar refractivity (Wildman–Crippen MR) is 72.3 cm³/mol. The Balaban J connectivity index is 2.05. The van der Waals surface area contributed by atoms with Crippen LogP contribution in [0.4, 0.5) is 0 Å². The molecule has 0 bridgehead atoms. The van der Waals surface area contributed by atoms with Crippen LogP contribution in [0.25, 0.3) is 0 Å². The summed E-state index contributed by atoms with van der Waals surface area (Å²) >= 11 is 6.03. The van der Waals surface area contributed by atoms with Crippen molar-refractivity contribution in [3.8, 4) is 11.5 Å². The maximum atomic E-state index is 6.03. The largest absolute Gasteiger partial charge is 0.452 e. The number of rotatable bonds is 5. The van der Waals surface area contributed by atoms with Gasteiger partial charge < -0.3 is 10.1 Å². The van der Waals surface area contributed by atoms with Gasteiger partial charge in [-0.25, -0.2) is 0 Å². The lowest BCUT2D eigenvalue weighted by Crippen LogP contribution is -2.26. The molecule has 2 rings (SSSR count). The Kier molecular flexibility index (Phi) is 4.23. The number of hydrogen-bond acceptors (Lipinski definition) is 3. The summed E-state index contributed by atoms with van der Waals surface area (Å²) < 4.78 is 7.51. The Morgan fingerprint density at radius 3 is 2.94 bits per heavy atom. The standard InChI is InChI=1S/C13H16ClN3O/c1-10(15-2)8-17-9-11(7-16-17)18-13-6-4-3-5-12(13)14/h3-7,9-10,15H,8H2,1-2H3. The number of nitrogens with zero attached hydrogens (tertiary/aromatic N) is 2. The fourth-order valence-electron chi connectivity index (χ4n) is 1.52. The van der Waals surface area contributed by atoms with Gasteiger partial charge in [-0.1, -0.05) is 23.7 Å². The number of halogens is 1. The first-order chi connectivity index (χ1) is 8.69. The number of benzene rings is 1. The minimum absolute atomic E-state index is 0.359. The van der Waals surface area contributed by atoms with E-state index in [9.17, 15) is 0 Å². The van der Waals surface area contributed by atoms with Gasteiger partial charge in [-0.3, -0.25) is 4.68 Å². The van der Waals surface area contributed by atoms with Crippen molar-refractivity contribution in [2.24, 2.45) is 0 Å². The molecule has 96 valence electrons. The number of likely N-dealkylation sites (N-methyl/N-ethyl adjacent to an activating group) is 1. The van der Waals surface area contributed by atoms with E-state index in [4.69, 9.17) is 16.3 Å². The molecule has 0 aliphatic carbocycles. The molecule has 1 aromatic carbocycles. The highest BCUT2D eigenvalue weighted by Crippen LogP contribution is 2.28. The molecule has 5 heteroatoms. The van der Waals surface area contributed by atoms with E-state index < -0.39 is 0 Å². The predicted octanol–water partition coefficient (Wildman–Crippen LogP) is 2.94. The van der Waals surface area contributed by atoms with Gasteiger partial charge in [-0.2, -0.15) is 5.10 Å². The Labute approximate surface area is 112 Å². The molecular formula is C13H16ClN3O. The molecule has 0 saturated carbocycles. The second-order valence-electron chi connectivity index (χ2n) is 4.12. The third-order valence-corrected chi connectivity index (χ3v) is 2.94. The van der Waals surface area contributed by atoms with E-state index in [-0.39, 0.29) is 0 Å². The van der Waals surface area contributed by atoms with Crippen molar-refractivity contribution in [1.82, 2.24) is 15.1 Å². The third-order valence-electron chi connectivity index (χ3n) is 2.63. The van der Waals surface area contributed by atoms with Crippen LogP contribution < -0.4 is 10.1 Å². The highest BCUT2D eigenvalue weighted by Gasteiger charge is 2.06. The van der Waals surface area contributed by atoms with E-state index in [1.54, 1.807) is 12.3 Å². The SMILES string of the molecule is CNC(C)Cn1cc(Oc2ccccc2Cl)cn1. The molecule has 0 radical (unpaired) electrons. The molecule has 1 heterocycles. The average Bonchev–Trinajstić information content (AvgIpc) is 2.79. The second kappa shape index (κ2) is 5.89. The van der Waals surface area contributed by atoms with Crippen LogP contribution in [0.3, 0.4) is 0 Å². The fourth-order valence-corrected chi connectivity index (χ4v) is 1.70. The van der Waals surface area contributed by atoms with E-state index in [1.807, 2.05) is 36.1 Å². The van der Waals surface area contributed by atoms with Gasteiger partial charge in [0.1, 0.15) is 5.75 Å². The van der Waals surface area contributed by atoms with E-state index >= 15 is 0 Å². The third kappa shape index (κ3) is 3.24. The van der Waals surface area contributed by atoms with E-state index in [2.05, 4.69) is 17.3 Å². The summed E-state index contributed by atoms with van der Waals surface area (Å²) in [7, 11) is 1.93. The molecule has 4 nitrogen and oxygen atoms in total. The first-order valence-corrected chi connectivity index (χ1v) is 6.19. The number of para-hydroxylation sites is 1. The normalized spacial score (nSPS) is 12.4. The molecule has 1 aromatic heterocycles. The lowest BCUT2D eigenvalue weighted by atomic mass is 10.3. The summed E-state index contributed by atoms with van der Waals surface area (Å²) in [5.41, 5.74) is 0. The summed E-state index contributed by atoms with van der Waals surface area (Å²) in [4.78, 5) is 0. The van der Waals surface area contributed by atoms with Crippen LogP contribution in [0.1, 0.15) is 6.92 Å². The molecule has 1 N–H and O–H groups in total. The van der Waals surface area contributed by atoms with Crippen molar-refractivity contribution in [3.05, 3.63) is 41.7 Å². The van der Waals surface area contributed by atoms with E-state index in [1.165, 1.54) is 0 Å². The molecule has 2 aromatic rings. The molecule has 0 amide bonds. The number of ether oxygens (including phenoxy) is 1. The monoisotopic (exact) mass is 265 g/mol. The van der Waals surface area contributed by atoms with Gasteiger partial charge in [0.25, 0.3) is 0 Å². The molecule has 0 aliphatic rings. The first-order valence-electron chi connectivity index (χ1n) is 5.81. The van der Waals surface area contributed by atoms with Gasteiger partial charge in [0.2, 0.25) is 0 Å². The average molecular weight is 266 g/mol. The Hall–Kier alpha value is -1.52. The Bertz CT molecular complexity index is 512. The molecule has 0 saturated heterocycles. The van der Waals surface area contributed by atoms with Gasteiger partial charge in [-0.05, 0) is 26.1 Å². The second-order valence-corrected chi connectivity index (χ2v) is 4.53. The van der Waals surface area contributed by atoms with Crippen LogP contribution in [0.2, 0.25) is 5.02 Å². The smallest absolute Gasteiger partial charge is 0.165 e. The van der Waals surface area contributed by atoms with E-state index in [0.717, 1.165) is 6.54 Å². The van der Waals surface area contributed by atoms with Crippen LogP contribution in [-0.4, -0.2) is 22.9 Å². The van der Waals surface area contributed by atoms with Crippen LogP contribution in [0, 0.1) is 0 Å². The minimum atomic E-state index is 0.359. The molecule has 0 spiro atoms. The first kappa shape index (κ1) is 12.9. The molecular weight excluding hydrogens is 250 g/mol. The van der Waals surface area contributed by atoms with Crippen molar-refractivity contribution in [2.75, 3.05) is 7.05 Å². The van der Waals surface area contributed by atoms with Gasteiger partial charge in [0.15, 0.2) is 5.75 Å². The van der Waals surface area contributed by atoms with Crippen LogP contribution in [0.5, 0.6) is 11.5 Å². The van der Waals surface area contributed by atoms with Crippen LogP contribution in [-0.2, 0) is 6.54 Å². The number of nitrogens with one attached hydrogen (secondary N) is 1. The molecule has 0 fully saturated rings. The summed E-state index contributed by atoms with van der Waals surface area (Å²) in [5, 5.41) is 7.99. The zero-order chi connectivity index (χ0) is 13.0. The summed E-state index contributed by atoms with van der Waals surface area (Å²) in [5.74, 6) is 1.33. The summed E-state index contributed by atoms with van der Waals surface area (Å²) in [6.07, 6.45) is 3.54. The maximum absolute atomic E-state index is 6.03. The zero-order valence-electron chi connectivity index (χ0n) is 10.4. The number of aromatic nitrogens is 2. The Morgan fingerprint density at radius 2 is 2.22 bits per heavy atom. The minimum Gasteiger partial charge on any atom is -0.452 e. The van der Waals surface area contributed by atoms with E-state index in [0.29, 0.717) is 22.6 Å². The van der Waals surface area contributed by atoms with Crippen LogP contribution in [0.15, 0.2) is 36.7 Å². The lowest BCUT2D eigenvalue weighted by molar-refractivity contribution is 0.468. The van der Waals surface area contributed by atoms with Gasteiger partial charge in [0, 0.05) is 6.04 Å². The van der Waals surface area contributed by atoms with Gasteiger partial charge in [0.05, 0.1) is 24.0 Å². The molecule has 18 heavy (non-hydrogen) atoms. The highest BCUT2D eigenvalue weighted by atomic mass is 35.5. The summed E-state index contributed by atoms with van der Waals surface area (Å²) in [6.45, 7) is 2.89. The van der Waals surface area contributed by atoms with Gasteiger partial charge >= 0.3 is 0 Å². The molecule has 1 atom stereocenters. The van der Waals surface area contributed by atoms with Crippen molar-refractivity contribution < 1.29 is 4.74 Å². The quantitative estimate of drug-likeness (QED) is 0.903. The number of hydrogen-bond donors (Lipinski definition) is 1. The van der Waals surface area contributed by atoms with Crippen molar-refractivity contribution >= 4 is 11.6 Å². The van der Waals surface area contributed by atoms with Gasteiger partial charge in [-0.15, -0.1) is 0 Å². The van der Waals surface area contributed by atoms with Crippen molar-refractivity contribution in [3.63, 3.8) is 0 Å². The maximum Gasteiger partial charge on any atom is 0.165 e. The Morgan fingerprint density at radius 1 is 1.44 bits per heavy atom.